The van der Waals surface area contributed by atoms with Gasteiger partial charge in [-0.15, -0.1) is 0 Å². The molecular formula is C19H19F2N3O2. The van der Waals surface area contributed by atoms with Crippen molar-refractivity contribution >= 4 is 23.3 Å². The third-order valence-corrected chi connectivity index (χ3v) is 4.31. The predicted octanol–water partition coefficient (Wildman–Crippen LogP) is 3.85. The monoisotopic (exact) mass is 359 g/mol. The van der Waals surface area contributed by atoms with Gasteiger partial charge in [-0.3, -0.25) is 4.79 Å². The highest BCUT2D eigenvalue weighted by molar-refractivity contribution is 5.93. The van der Waals surface area contributed by atoms with Crippen LogP contribution in [0.1, 0.15) is 12.8 Å². The molecule has 1 aliphatic rings. The smallest absolute Gasteiger partial charge is 0.321 e. The Kier molecular flexibility index (Phi) is 5.46. The highest BCUT2D eigenvalue weighted by Crippen LogP contribution is 2.21. The van der Waals surface area contributed by atoms with Gasteiger partial charge in [0.25, 0.3) is 0 Å². The van der Waals surface area contributed by atoms with E-state index >= 15 is 0 Å². The Morgan fingerprint density at radius 1 is 0.885 bits per heavy atom. The Bertz CT molecular complexity index is 770. The molecule has 1 aliphatic heterocycles. The first kappa shape index (κ1) is 17.8. The minimum Gasteiger partial charge on any atom is -0.326 e. The van der Waals surface area contributed by atoms with E-state index in [0.717, 1.165) is 18.2 Å². The van der Waals surface area contributed by atoms with Gasteiger partial charge < -0.3 is 15.5 Å². The summed E-state index contributed by atoms with van der Waals surface area (Å²) in [6.45, 7) is 0.878. The van der Waals surface area contributed by atoms with Crippen LogP contribution in [0, 0.1) is 17.6 Å². The lowest BCUT2D eigenvalue weighted by Crippen LogP contribution is -2.43. The maximum atomic E-state index is 13.2. The molecule has 7 heteroatoms. The second-order valence-electron chi connectivity index (χ2n) is 6.20. The normalized spacial score (nSPS) is 14.8. The van der Waals surface area contributed by atoms with E-state index in [-0.39, 0.29) is 23.5 Å². The van der Waals surface area contributed by atoms with E-state index in [4.69, 9.17) is 0 Å². The number of amides is 3. The predicted molar refractivity (Wildman–Crippen MR) is 94.7 cm³/mol. The van der Waals surface area contributed by atoms with Crippen LogP contribution >= 0.6 is 0 Å². The first-order valence-corrected chi connectivity index (χ1v) is 8.39. The van der Waals surface area contributed by atoms with Gasteiger partial charge in [0.1, 0.15) is 11.6 Å². The summed E-state index contributed by atoms with van der Waals surface area (Å²) < 4.78 is 26.4. The van der Waals surface area contributed by atoms with E-state index in [1.54, 1.807) is 17.0 Å². The number of carbonyl (C=O) groups is 2. The number of para-hydroxylation sites is 1. The lowest BCUT2D eigenvalue weighted by atomic mass is 9.96. The summed E-state index contributed by atoms with van der Waals surface area (Å²) in [7, 11) is 0. The standard InChI is InChI=1S/C19H19F2N3O2/c20-14-10-15(21)12-17(11-14)22-18(25)13-6-8-24(9-7-13)19(26)23-16-4-2-1-3-5-16/h1-5,10-13H,6-9H2,(H,22,25)(H,23,26). The number of carbonyl (C=O) groups excluding carboxylic acids is 2. The number of urea groups is 1. The summed E-state index contributed by atoms with van der Waals surface area (Å²) in [6.07, 6.45) is 0.984. The van der Waals surface area contributed by atoms with Gasteiger partial charge in [0.05, 0.1) is 0 Å². The molecule has 1 saturated heterocycles. The van der Waals surface area contributed by atoms with Crippen molar-refractivity contribution in [3.63, 3.8) is 0 Å². The first-order valence-electron chi connectivity index (χ1n) is 8.39. The first-order chi connectivity index (χ1) is 12.5. The molecule has 0 saturated carbocycles. The third-order valence-electron chi connectivity index (χ3n) is 4.31. The second kappa shape index (κ2) is 7.95. The molecule has 1 heterocycles. The summed E-state index contributed by atoms with van der Waals surface area (Å²) in [4.78, 5) is 26.2. The van der Waals surface area contributed by atoms with Gasteiger partial charge in [-0.25, -0.2) is 13.6 Å². The van der Waals surface area contributed by atoms with Crippen LogP contribution in [0.25, 0.3) is 0 Å². The molecule has 3 amide bonds. The minimum absolute atomic E-state index is 0.0942. The van der Waals surface area contributed by atoms with Crippen molar-refractivity contribution in [1.82, 2.24) is 4.90 Å². The Morgan fingerprint density at radius 2 is 1.50 bits per heavy atom. The van der Waals surface area contributed by atoms with Crippen molar-refractivity contribution in [3.8, 4) is 0 Å². The summed E-state index contributed by atoms with van der Waals surface area (Å²) in [6, 6.07) is 11.8. The Balaban J connectivity index is 1.51. The zero-order valence-electron chi connectivity index (χ0n) is 14.0. The fourth-order valence-corrected chi connectivity index (χ4v) is 2.94. The van der Waals surface area contributed by atoms with E-state index in [1.165, 1.54) is 0 Å². The number of nitrogens with one attached hydrogen (secondary N) is 2. The van der Waals surface area contributed by atoms with Gasteiger partial charge in [0.2, 0.25) is 5.91 Å². The quantitative estimate of drug-likeness (QED) is 0.874. The molecule has 3 rings (SSSR count). The molecule has 0 unspecified atom stereocenters. The van der Waals surface area contributed by atoms with Crippen molar-refractivity contribution in [2.45, 2.75) is 12.8 Å². The van der Waals surface area contributed by atoms with Crippen LogP contribution in [-0.2, 0) is 4.79 Å². The molecule has 136 valence electrons. The highest BCUT2D eigenvalue weighted by Gasteiger charge is 2.27. The number of benzene rings is 2. The second-order valence-corrected chi connectivity index (χ2v) is 6.20. The number of likely N-dealkylation sites (tertiary alicyclic amines) is 1. The van der Waals surface area contributed by atoms with Crippen molar-refractivity contribution in [2.75, 3.05) is 23.7 Å². The van der Waals surface area contributed by atoms with Gasteiger partial charge in [-0.05, 0) is 37.1 Å². The maximum Gasteiger partial charge on any atom is 0.321 e. The molecule has 2 aromatic rings. The molecule has 2 aromatic carbocycles. The number of halogens is 2. The topological polar surface area (TPSA) is 61.4 Å². The Hall–Kier alpha value is -2.96. The third kappa shape index (κ3) is 4.56. The van der Waals surface area contributed by atoms with E-state index in [1.807, 2.05) is 18.2 Å². The Morgan fingerprint density at radius 3 is 2.12 bits per heavy atom. The molecule has 26 heavy (non-hydrogen) atoms. The van der Waals surface area contributed by atoms with Crippen molar-refractivity contribution in [1.29, 1.82) is 0 Å². The van der Waals surface area contributed by atoms with Crippen molar-refractivity contribution in [3.05, 3.63) is 60.2 Å². The summed E-state index contributed by atoms with van der Waals surface area (Å²) in [5.41, 5.74) is 0.808. The number of rotatable bonds is 3. The maximum absolute atomic E-state index is 13.2. The van der Waals surface area contributed by atoms with E-state index in [2.05, 4.69) is 10.6 Å². The van der Waals surface area contributed by atoms with E-state index in [9.17, 15) is 18.4 Å². The van der Waals surface area contributed by atoms with E-state index in [0.29, 0.717) is 31.6 Å². The zero-order valence-corrected chi connectivity index (χ0v) is 14.0. The molecular weight excluding hydrogens is 340 g/mol. The van der Waals surface area contributed by atoms with Crippen molar-refractivity contribution < 1.29 is 18.4 Å². The fraction of sp³-hybridized carbons (Fsp3) is 0.263. The average molecular weight is 359 g/mol. The SMILES string of the molecule is O=C(Nc1cc(F)cc(F)c1)C1CCN(C(=O)Nc2ccccc2)CC1. The van der Waals surface area contributed by atoms with Gasteiger partial charge >= 0.3 is 6.03 Å². The largest absolute Gasteiger partial charge is 0.326 e. The van der Waals surface area contributed by atoms with Gasteiger partial charge in [0, 0.05) is 36.4 Å². The van der Waals surface area contributed by atoms with Crippen LogP contribution in [0.2, 0.25) is 0 Å². The number of hydrogen-bond donors (Lipinski definition) is 2. The van der Waals surface area contributed by atoms with Gasteiger partial charge in [-0.2, -0.15) is 0 Å². The molecule has 0 spiro atoms. The lowest BCUT2D eigenvalue weighted by Gasteiger charge is -2.31. The number of nitrogens with zero attached hydrogens (tertiary/aromatic N) is 1. The molecule has 0 atom stereocenters. The van der Waals surface area contributed by atoms with Gasteiger partial charge in [0.15, 0.2) is 0 Å². The molecule has 0 bridgehead atoms. The van der Waals surface area contributed by atoms with E-state index < -0.39 is 11.6 Å². The van der Waals surface area contributed by atoms with Crippen LogP contribution in [0.15, 0.2) is 48.5 Å². The van der Waals surface area contributed by atoms with Crippen LogP contribution < -0.4 is 10.6 Å². The number of anilines is 2. The van der Waals surface area contributed by atoms with Crippen LogP contribution in [-0.4, -0.2) is 29.9 Å². The molecule has 0 aromatic heterocycles. The molecule has 1 fully saturated rings. The lowest BCUT2D eigenvalue weighted by molar-refractivity contribution is -0.121. The molecule has 5 nitrogen and oxygen atoms in total. The summed E-state index contributed by atoms with van der Waals surface area (Å²) in [5, 5.41) is 5.35. The molecule has 0 aliphatic carbocycles. The summed E-state index contributed by atoms with van der Waals surface area (Å²) >= 11 is 0. The average Bonchev–Trinajstić information content (AvgIpc) is 2.62. The molecule has 2 N–H and O–H groups in total. The van der Waals surface area contributed by atoms with Crippen LogP contribution in [0.3, 0.4) is 0 Å². The minimum atomic E-state index is -0.743. The molecule has 0 radical (unpaired) electrons. The van der Waals surface area contributed by atoms with Crippen LogP contribution in [0.5, 0.6) is 0 Å². The van der Waals surface area contributed by atoms with Crippen LogP contribution in [0.4, 0.5) is 25.0 Å². The zero-order chi connectivity index (χ0) is 18.5. The number of hydrogen-bond acceptors (Lipinski definition) is 2. The summed E-state index contributed by atoms with van der Waals surface area (Å²) in [5.74, 6) is -2.08. The Labute approximate surface area is 150 Å². The highest BCUT2D eigenvalue weighted by atomic mass is 19.1. The fourth-order valence-electron chi connectivity index (χ4n) is 2.94. The number of piperidine rings is 1. The van der Waals surface area contributed by atoms with Gasteiger partial charge in [-0.1, -0.05) is 18.2 Å². The van der Waals surface area contributed by atoms with Crippen molar-refractivity contribution in [2.24, 2.45) is 5.92 Å².